The first-order valence-corrected chi connectivity index (χ1v) is 10.1. The highest BCUT2D eigenvalue weighted by Crippen LogP contribution is 2.17. The number of carbonyl (C=O) groups excluding carboxylic acids is 2. The Morgan fingerprint density at radius 2 is 1.58 bits per heavy atom. The molecule has 0 fully saturated rings. The molecule has 1 atom stereocenters. The van der Waals surface area contributed by atoms with Crippen LogP contribution in [0.4, 0.5) is 16.2 Å². The van der Waals surface area contributed by atoms with Crippen LogP contribution in [0.5, 0.6) is 0 Å². The lowest BCUT2D eigenvalue weighted by Gasteiger charge is -2.15. The minimum Gasteiger partial charge on any atom is -0.345 e. The lowest BCUT2D eigenvalue weighted by Crippen LogP contribution is -2.28. The second-order valence-corrected chi connectivity index (χ2v) is 7.29. The van der Waals surface area contributed by atoms with Crippen molar-refractivity contribution in [1.82, 2.24) is 20.3 Å². The van der Waals surface area contributed by atoms with Crippen molar-refractivity contribution in [2.45, 2.75) is 13.0 Å². The van der Waals surface area contributed by atoms with Crippen molar-refractivity contribution in [3.8, 4) is 0 Å². The highest BCUT2D eigenvalue weighted by molar-refractivity contribution is 5.99. The van der Waals surface area contributed by atoms with Gasteiger partial charge >= 0.3 is 11.7 Å². The SMILES string of the molecule is CC(NC(=O)c1cnc2[nH]c(=O)[nH]c(=O)c2c1)c1ccc(NC(=O)Nc2ccccc2)cc1. The number of nitrogens with one attached hydrogen (secondary N) is 5. The molecule has 0 spiro atoms. The van der Waals surface area contributed by atoms with Crippen molar-refractivity contribution in [2.75, 3.05) is 10.6 Å². The number of aromatic amines is 2. The minimum atomic E-state index is -0.665. The van der Waals surface area contributed by atoms with Crippen molar-refractivity contribution in [3.05, 3.63) is 98.8 Å². The number of nitrogens with zero attached hydrogens (tertiary/aromatic N) is 1. The minimum absolute atomic E-state index is 0.104. The third-order valence-electron chi connectivity index (χ3n) is 4.90. The number of hydrogen-bond donors (Lipinski definition) is 5. The molecule has 0 aliphatic rings. The molecule has 1 unspecified atom stereocenters. The summed E-state index contributed by atoms with van der Waals surface area (Å²) in [6.45, 7) is 1.81. The molecule has 0 saturated heterocycles. The van der Waals surface area contributed by atoms with Crippen LogP contribution in [0, 0.1) is 0 Å². The highest BCUT2D eigenvalue weighted by Gasteiger charge is 2.14. The zero-order valence-corrected chi connectivity index (χ0v) is 17.5. The average molecular weight is 444 g/mol. The second-order valence-electron chi connectivity index (χ2n) is 7.29. The second kappa shape index (κ2) is 9.18. The first-order valence-electron chi connectivity index (χ1n) is 10.1. The molecule has 166 valence electrons. The molecule has 5 N–H and O–H groups in total. The highest BCUT2D eigenvalue weighted by atomic mass is 16.2. The molecule has 0 radical (unpaired) electrons. The molecule has 0 bridgehead atoms. The summed E-state index contributed by atoms with van der Waals surface area (Å²) >= 11 is 0. The monoisotopic (exact) mass is 444 g/mol. The topological polar surface area (TPSA) is 149 Å². The van der Waals surface area contributed by atoms with Crippen molar-refractivity contribution < 1.29 is 9.59 Å². The molecular formula is C23H20N6O4. The Morgan fingerprint density at radius 1 is 0.909 bits per heavy atom. The van der Waals surface area contributed by atoms with Crippen molar-refractivity contribution in [2.24, 2.45) is 0 Å². The summed E-state index contributed by atoms with van der Waals surface area (Å²) in [5.74, 6) is -0.424. The van der Waals surface area contributed by atoms with Gasteiger partial charge in [0.15, 0.2) is 0 Å². The maximum atomic E-state index is 12.6. The lowest BCUT2D eigenvalue weighted by molar-refractivity contribution is 0.0939. The molecule has 33 heavy (non-hydrogen) atoms. The molecule has 10 nitrogen and oxygen atoms in total. The Hall–Kier alpha value is -4.73. The number of hydrogen-bond acceptors (Lipinski definition) is 5. The fraction of sp³-hybridized carbons (Fsp3) is 0.0870. The van der Waals surface area contributed by atoms with E-state index in [9.17, 15) is 19.2 Å². The van der Waals surface area contributed by atoms with E-state index in [2.05, 4.69) is 30.9 Å². The van der Waals surface area contributed by atoms with Crippen LogP contribution in [-0.4, -0.2) is 26.9 Å². The summed E-state index contributed by atoms with van der Waals surface area (Å²) in [5, 5.41) is 8.43. The molecular weight excluding hydrogens is 424 g/mol. The molecule has 10 heteroatoms. The number of pyridine rings is 1. The Kier molecular flexibility index (Phi) is 5.98. The number of urea groups is 1. The number of carbonyl (C=O) groups is 2. The van der Waals surface area contributed by atoms with Crippen LogP contribution in [-0.2, 0) is 0 Å². The van der Waals surface area contributed by atoms with Gasteiger partial charge in [-0.2, -0.15) is 0 Å². The van der Waals surface area contributed by atoms with Gasteiger partial charge in [0.25, 0.3) is 11.5 Å². The Morgan fingerprint density at radius 3 is 2.27 bits per heavy atom. The van der Waals surface area contributed by atoms with E-state index in [1.165, 1.54) is 12.3 Å². The first-order chi connectivity index (χ1) is 15.9. The van der Waals surface area contributed by atoms with E-state index in [-0.39, 0.29) is 28.7 Å². The summed E-state index contributed by atoms with van der Waals surface area (Å²) in [4.78, 5) is 56.5. The summed E-state index contributed by atoms with van der Waals surface area (Å²) in [6.07, 6.45) is 1.29. The summed E-state index contributed by atoms with van der Waals surface area (Å²) in [7, 11) is 0. The van der Waals surface area contributed by atoms with Gasteiger partial charge in [0.1, 0.15) is 5.65 Å². The smallest absolute Gasteiger partial charge is 0.327 e. The molecule has 4 rings (SSSR count). The van der Waals surface area contributed by atoms with E-state index in [1.54, 1.807) is 43.3 Å². The lowest BCUT2D eigenvalue weighted by atomic mass is 10.1. The maximum absolute atomic E-state index is 12.6. The van der Waals surface area contributed by atoms with Crippen LogP contribution in [0.3, 0.4) is 0 Å². The van der Waals surface area contributed by atoms with E-state index >= 15 is 0 Å². The molecule has 4 aromatic rings. The standard InChI is InChI=1S/C23H20N6O4/c1-13(25-20(30)15-11-18-19(24-12-15)28-23(33)29-21(18)31)14-7-9-17(10-8-14)27-22(32)26-16-5-3-2-4-6-16/h2-13H,1H3,(H,25,30)(H2,26,27,32)(H2,24,28,29,31,33). The van der Waals surface area contributed by atoms with Crippen LogP contribution in [0.25, 0.3) is 11.0 Å². The Bertz CT molecular complexity index is 1430. The van der Waals surface area contributed by atoms with Crippen LogP contribution in [0.15, 0.2) is 76.4 Å². The predicted molar refractivity (Wildman–Crippen MR) is 124 cm³/mol. The molecule has 0 aliphatic carbocycles. The van der Waals surface area contributed by atoms with Crippen LogP contribution in [0.2, 0.25) is 0 Å². The van der Waals surface area contributed by atoms with E-state index in [0.717, 1.165) is 5.56 Å². The normalized spacial score (nSPS) is 11.5. The van der Waals surface area contributed by atoms with Gasteiger partial charge in [-0.3, -0.25) is 19.6 Å². The van der Waals surface area contributed by atoms with E-state index in [1.807, 2.05) is 18.2 Å². The Labute approximate surface area is 187 Å². The van der Waals surface area contributed by atoms with Gasteiger partial charge in [0.2, 0.25) is 0 Å². The molecule has 0 aliphatic heterocycles. The number of para-hydroxylation sites is 1. The zero-order chi connectivity index (χ0) is 23.4. The van der Waals surface area contributed by atoms with E-state index in [4.69, 9.17) is 0 Å². The van der Waals surface area contributed by atoms with Crippen LogP contribution in [0.1, 0.15) is 28.9 Å². The third kappa shape index (κ3) is 5.13. The van der Waals surface area contributed by atoms with Gasteiger partial charge in [0.05, 0.1) is 17.0 Å². The molecule has 2 aromatic carbocycles. The quantitative estimate of drug-likeness (QED) is 0.321. The fourth-order valence-electron chi connectivity index (χ4n) is 3.20. The van der Waals surface area contributed by atoms with Gasteiger partial charge in [-0.15, -0.1) is 0 Å². The molecule has 2 aromatic heterocycles. The van der Waals surface area contributed by atoms with Gasteiger partial charge in [-0.25, -0.2) is 14.6 Å². The van der Waals surface area contributed by atoms with Crippen LogP contribution < -0.4 is 27.2 Å². The number of aromatic nitrogens is 3. The molecule has 0 saturated carbocycles. The summed E-state index contributed by atoms with van der Waals surface area (Å²) in [5.41, 5.74) is 1.09. The summed E-state index contributed by atoms with van der Waals surface area (Å²) in [6, 6.07) is 16.8. The Balaban J connectivity index is 1.40. The maximum Gasteiger partial charge on any atom is 0.327 e. The number of amides is 3. The largest absolute Gasteiger partial charge is 0.345 e. The van der Waals surface area contributed by atoms with E-state index in [0.29, 0.717) is 11.4 Å². The molecule has 3 amide bonds. The van der Waals surface area contributed by atoms with Gasteiger partial charge < -0.3 is 16.0 Å². The number of H-pyrrole nitrogens is 2. The molecule has 2 heterocycles. The number of benzene rings is 2. The van der Waals surface area contributed by atoms with Crippen LogP contribution >= 0.6 is 0 Å². The van der Waals surface area contributed by atoms with Gasteiger partial charge in [-0.1, -0.05) is 30.3 Å². The number of rotatable bonds is 5. The summed E-state index contributed by atoms with van der Waals surface area (Å²) < 4.78 is 0. The predicted octanol–water partition coefficient (Wildman–Crippen LogP) is 2.75. The van der Waals surface area contributed by atoms with E-state index < -0.39 is 17.2 Å². The van der Waals surface area contributed by atoms with Crippen molar-refractivity contribution >= 4 is 34.3 Å². The van der Waals surface area contributed by atoms with Gasteiger partial charge in [0, 0.05) is 17.6 Å². The zero-order valence-electron chi connectivity index (χ0n) is 17.5. The fourth-order valence-corrected chi connectivity index (χ4v) is 3.20. The van der Waals surface area contributed by atoms with Crippen molar-refractivity contribution in [1.29, 1.82) is 0 Å². The number of fused-ring (bicyclic) bond motifs is 1. The first kappa shape index (κ1) is 21.5. The average Bonchev–Trinajstić information content (AvgIpc) is 2.79. The van der Waals surface area contributed by atoms with Crippen molar-refractivity contribution in [3.63, 3.8) is 0 Å². The third-order valence-corrected chi connectivity index (χ3v) is 4.90. The number of anilines is 2. The van der Waals surface area contributed by atoms with Gasteiger partial charge in [-0.05, 0) is 42.8 Å².